The van der Waals surface area contributed by atoms with Gasteiger partial charge in [0.15, 0.2) is 0 Å². The van der Waals surface area contributed by atoms with Gasteiger partial charge in [-0.25, -0.2) is 9.97 Å². The lowest BCUT2D eigenvalue weighted by Crippen LogP contribution is -2.28. The Labute approximate surface area is 150 Å². The summed E-state index contributed by atoms with van der Waals surface area (Å²) in [6.07, 6.45) is 3.25. The Morgan fingerprint density at radius 1 is 1.12 bits per heavy atom. The SMILES string of the molecule is CCCCCNC(=O)c1cc(N(CC)Cc2ccccc2)nc(C)n1. The second-order valence-corrected chi connectivity index (χ2v) is 6.12. The lowest BCUT2D eigenvalue weighted by atomic mass is 10.2. The van der Waals surface area contributed by atoms with E-state index in [-0.39, 0.29) is 5.91 Å². The van der Waals surface area contributed by atoms with E-state index in [1.807, 2.05) is 25.1 Å². The molecule has 2 rings (SSSR count). The van der Waals surface area contributed by atoms with E-state index in [0.29, 0.717) is 18.1 Å². The molecule has 0 fully saturated rings. The first kappa shape index (κ1) is 18.9. The van der Waals surface area contributed by atoms with Gasteiger partial charge in [-0.2, -0.15) is 0 Å². The monoisotopic (exact) mass is 340 g/mol. The lowest BCUT2D eigenvalue weighted by Gasteiger charge is -2.22. The van der Waals surface area contributed by atoms with Crippen molar-refractivity contribution in [2.75, 3.05) is 18.0 Å². The number of carbonyl (C=O) groups excluding carboxylic acids is 1. The molecule has 1 heterocycles. The highest BCUT2D eigenvalue weighted by Crippen LogP contribution is 2.16. The zero-order chi connectivity index (χ0) is 18.1. The normalized spacial score (nSPS) is 10.5. The van der Waals surface area contributed by atoms with Crippen molar-refractivity contribution < 1.29 is 4.79 Å². The van der Waals surface area contributed by atoms with E-state index in [1.54, 1.807) is 6.07 Å². The van der Waals surface area contributed by atoms with Crippen LogP contribution >= 0.6 is 0 Å². The highest BCUT2D eigenvalue weighted by molar-refractivity contribution is 5.92. The minimum absolute atomic E-state index is 0.126. The summed E-state index contributed by atoms with van der Waals surface area (Å²) in [5.74, 6) is 1.28. The fourth-order valence-electron chi connectivity index (χ4n) is 2.66. The van der Waals surface area contributed by atoms with Crippen molar-refractivity contribution in [3.63, 3.8) is 0 Å². The summed E-state index contributed by atoms with van der Waals surface area (Å²) in [5, 5.41) is 2.95. The summed E-state index contributed by atoms with van der Waals surface area (Å²) in [7, 11) is 0. The minimum Gasteiger partial charge on any atom is -0.352 e. The first-order chi connectivity index (χ1) is 12.1. The van der Waals surface area contributed by atoms with Crippen molar-refractivity contribution in [2.24, 2.45) is 0 Å². The van der Waals surface area contributed by atoms with E-state index in [9.17, 15) is 4.79 Å². The minimum atomic E-state index is -0.126. The van der Waals surface area contributed by atoms with Gasteiger partial charge >= 0.3 is 0 Å². The molecule has 0 aliphatic heterocycles. The van der Waals surface area contributed by atoms with E-state index in [0.717, 1.165) is 38.2 Å². The lowest BCUT2D eigenvalue weighted by molar-refractivity contribution is 0.0947. The van der Waals surface area contributed by atoms with Gasteiger partial charge in [-0.05, 0) is 25.8 Å². The van der Waals surface area contributed by atoms with Crippen molar-refractivity contribution in [2.45, 2.75) is 46.6 Å². The van der Waals surface area contributed by atoms with Crippen LogP contribution in [0, 0.1) is 6.92 Å². The average Bonchev–Trinajstić information content (AvgIpc) is 2.63. The third kappa shape index (κ3) is 5.85. The number of amides is 1. The van der Waals surface area contributed by atoms with Gasteiger partial charge in [0, 0.05) is 25.7 Å². The largest absolute Gasteiger partial charge is 0.352 e. The van der Waals surface area contributed by atoms with Crippen LogP contribution in [0.3, 0.4) is 0 Å². The summed E-state index contributed by atoms with van der Waals surface area (Å²) in [4.78, 5) is 23.3. The number of hydrogen-bond donors (Lipinski definition) is 1. The smallest absolute Gasteiger partial charge is 0.270 e. The van der Waals surface area contributed by atoms with Crippen LogP contribution in [0.2, 0.25) is 0 Å². The van der Waals surface area contributed by atoms with Gasteiger partial charge in [-0.15, -0.1) is 0 Å². The molecule has 2 aromatic rings. The molecule has 0 spiro atoms. The third-order valence-corrected chi connectivity index (χ3v) is 4.04. The molecule has 0 aliphatic carbocycles. The van der Waals surface area contributed by atoms with Crippen molar-refractivity contribution >= 4 is 11.7 Å². The Morgan fingerprint density at radius 3 is 2.56 bits per heavy atom. The summed E-state index contributed by atoms with van der Waals surface area (Å²) >= 11 is 0. The van der Waals surface area contributed by atoms with Crippen molar-refractivity contribution in [1.29, 1.82) is 0 Å². The molecule has 0 saturated carbocycles. The average molecular weight is 340 g/mol. The Bertz CT molecular complexity index is 673. The first-order valence-electron chi connectivity index (χ1n) is 9.06. The van der Waals surface area contributed by atoms with Crippen LogP contribution < -0.4 is 10.2 Å². The molecule has 0 bridgehead atoms. The van der Waals surface area contributed by atoms with Gasteiger partial charge < -0.3 is 10.2 Å². The van der Waals surface area contributed by atoms with Crippen LogP contribution in [-0.4, -0.2) is 29.0 Å². The molecule has 0 atom stereocenters. The molecular weight excluding hydrogens is 312 g/mol. The summed E-state index contributed by atoms with van der Waals surface area (Å²) in [5.41, 5.74) is 1.65. The number of benzene rings is 1. The molecule has 0 radical (unpaired) electrons. The van der Waals surface area contributed by atoms with Crippen molar-refractivity contribution in [1.82, 2.24) is 15.3 Å². The molecule has 1 N–H and O–H groups in total. The molecule has 1 amide bonds. The number of unbranched alkanes of at least 4 members (excludes halogenated alkanes) is 2. The zero-order valence-electron chi connectivity index (χ0n) is 15.5. The number of hydrogen-bond acceptors (Lipinski definition) is 4. The highest BCUT2D eigenvalue weighted by Gasteiger charge is 2.14. The van der Waals surface area contributed by atoms with Crippen molar-refractivity contribution in [3.05, 3.63) is 53.5 Å². The number of carbonyl (C=O) groups is 1. The van der Waals surface area contributed by atoms with Crippen LogP contribution in [0.1, 0.15) is 55.0 Å². The van der Waals surface area contributed by atoms with Gasteiger partial charge in [0.05, 0.1) is 0 Å². The fourth-order valence-corrected chi connectivity index (χ4v) is 2.66. The van der Waals surface area contributed by atoms with Gasteiger partial charge in [-0.1, -0.05) is 50.1 Å². The molecule has 0 aliphatic rings. The Hall–Kier alpha value is -2.43. The van der Waals surface area contributed by atoms with Crippen molar-refractivity contribution in [3.8, 4) is 0 Å². The number of rotatable bonds is 9. The summed E-state index contributed by atoms with van der Waals surface area (Å²) < 4.78 is 0. The number of nitrogens with zero attached hydrogens (tertiary/aromatic N) is 3. The van der Waals surface area contributed by atoms with E-state index in [2.05, 4.69) is 46.2 Å². The molecule has 5 nitrogen and oxygen atoms in total. The van der Waals surface area contributed by atoms with Crippen LogP contribution in [0.25, 0.3) is 0 Å². The Balaban J connectivity index is 2.11. The van der Waals surface area contributed by atoms with Crippen LogP contribution in [0.15, 0.2) is 36.4 Å². The second-order valence-electron chi connectivity index (χ2n) is 6.12. The van der Waals surface area contributed by atoms with Crippen LogP contribution in [0.4, 0.5) is 5.82 Å². The van der Waals surface area contributed by atoms with E-state index in [4.69, 9.17) is 0 Å². The maximum absolute atomic E-state index is 12.4. The predicted octanol–water partition coefficient (Wildman–Crippen LogP) is 3.73. The van der Waals surface area contributed by atoms with E-state index < -0.39 is 0 Å². The number of nitrogens with one attached hydrogen (secondary N) is 1. The number of aryl methyl sites for hydroxylation is 1. The van der Waals surface area contributed by atoms with E-state index >= 15 is 0 Å². The molecule has 0 unspecified atom stereocenters. The first-order valence-corrected chi connectivity index (χ1v) is 9.06. The van der Waals surface area contributed by atoms with Gasteiger partial charge in [-0.3, -0.25) is 4.79 Å². The predicted molar refractivity (Wildman–Crippen MR) is 102 cm³/mol. The highest BCUT2D eigenvalue weighted by atomic mass is 16.1. The number of aromatic nitrogens is 2. The molecule has 134 valence electrons. The second kappa shape index (κ2) is 9.77. The zero-order valence-corrected chi connectivity index (χ0v) is 15.5. The summed E-state index contributed by atoms with van der Waals surface area (Å²) in [6, 6.07) is 12.0. The maximum atomic E-state index is 12.4. The van der Waals surface area contributed by atoms with Gasteiger partial charge in [0.1, 0.15) is 17.3 Å². The molecule has 1 aromatic heterocycles. The van der Waals surface area contributed by atoms with Gasteiger partial charge in [0.2, 0.25) is 0 Å². The molecule has 25 heavy (non-hydrogen) atoms. The Kier molecular flexibility index (Phi) is 7.38. The molecular formula is C20H28N4O. The van der Waals surface area contributed by atoms with Gasteiger partial charge in [0.25, 0.3) is 5.91 Å². The Morgan fingerprint density at radius 2 is 1.88 bits per heavy atom. The van der Waals surface area contributed by atoms with Crippen LogP contribution in [-0.2, 0) is 6.54 Å². The summed E-state index contributed by atoms with van der Waals surface area (Å²) in [6.45, 7) is 8.31. The fraction of sp³-hybridized carbons (Fsp3) is 0.450. The molecule has 0 saturated heterocycles. The molecule has 1 aromatic carbocycles. The number of anilines is 1. The van der Waals surface area contributed by atoms with Crippen LogP contribution in [0.5, 0.6) is 0 Å². The maximum Gasteiger partial charge on any atom is 0.270 e. The molecule has 5 heteroatoms. The van der Waals surface area contributed by atoms with E-state index in [1.165, 1.54) is 5.56 Å². The third-order valence-electron chi connectivity index (χ3n) is 4.04. The quantitative estimate of drug-likeness (QED) is 0.707. The standard InChI is InChI=1S/C20H28N4O/c1-4-6-10-13-21-20(25)18-14-19(23-16(3)22-18)24(5-2)15-17-11-8-7-9-12-17/h7-9,11-12,14H,4-6,10,13,15H2,1-3H3,(H,21,25). The topological polar surface area (TPSA) is 58.1 Å².